The van der Waals surface area contributed by atoms with Gasteiger partial charge in [-0.25, -0.2) is 4.98 Å². The van der Waals surface area contributed by atoms with Crippen LogP contribution in [0.1, 0.15) is 84.2 Å². The summed E-state index contributed by atoms with van der Waals surface area (Å²) in [5.41, 5.74) is 2.48. The van der Waals surface area contributed by atoms with Gasteiger partial charge in [0, 0.05) is 18.5 Å². The summed E-state index contributed by atoms with van der Waals surface area (Å²) < 4.78 is 7.81. The zero-order valence-corrected chi connectivity index (χ0v) is 23.0. The molecule has 1 aliphatic rings. The van der Waals surface area contributed by atoms with Crippen molar-refractivity contribution in [3.63, 3.8) is 0 Å². The maximum Gasteiger partial charge on any atom is 0.309 e. The van der Waals surface area contributed by atoms with Crippen LogP contribution in [0.15, 0.2) is 36.4 Å². The van der Waals surface area contributed by atoms with Crippen molar-refractivity contribution in [1.82, 2.24) is 9.55 Å². The number of benzene rings is 1. The van der Waals surface area contributed by atoms with Crippen molar-refractivity contribution in [2.45, 2.75) is 92.0 Å². The number of allylic oxidation sites excluding steroid dienone is 1. The summed E-state index contributed by atoms with van der Waals surface area (Å²) in [6, 6.07) is 5.80. The molecule has 0 fully saturated rings. The zero-order valence-electron chi connectivity index (χ0n) is 23.0. The number of hydrogen-bond acceptors (Lipinski definition) is 6. The second-order valence-corrected chi connectivity index (χ2v) is 11.2. The van der Waals surface area contributed by atoms with E-state index in [1.54, 1.807) is 27.0 Å². The molecular formula is C30H42N2O5. The lowest BCUT2D eigenvalue weighted by atomic mass is 9.73. The van der Waals surface area contributed by atoms with Gasteiger partial charge in [-0.05, 0) is 56.7 Å². The molecule has 7 nitrogen and oxygen atoms in total. The van der Waals surface area contributed by atoms with Crippen LogP contribution in [0.2, 0.25) is 0 Å². The number of cyclic esters (lactones) is 1. The summed E-state index contributed by atoms with van der Waals surface area (Å²) in [6.45, 7) is 14.7. The van der Waals surface area contributed by atoms with E-state index in [2.05, 4.69) is 24.6 Å². The predicted octanol–water partition coefficient (Wildman–Crippen LogP) is 5.53. The highest BCUT2D eigenvalue weighted by Crippen LogP contribution is 2.33. The quantitative estimate of drug-likeness (QED) is 0.407. The lowest BCUT2D eigenvalue weighted by molar-refractivity contribution is -0.155. The van der Waals surface area contributed by atoms with Gasteiger partial charge in [-0.15, -0.1) is 0 Å². The molecule has 0 saturated heterocycles. The van der Waals surface area contributed by atoms with Gasteiger partial charge in [-0.3, -0.25) is 9.59 Å². The Morgan fingerprint density at radius 3 is 2.57 bits per heavy atom. The molecule has 0 spiro atoms. The highest BCUT2D eigenvalue weighted by atomic mass is 16.5. The number of rotatable bonds is 2. The minimum Gasteiger partial charge on any atom is -0.457 e. The fraction of sp³-hybridized carbons (Fsp3) is 0.567. The minimum absolute atomic E-state index is 0.0594. The van der Waals surface area contributed by atoms with E-state index < -0.39 is 35.6 Å². The topological polar surface area (TPSA) is 102 Å². The van der Waals surface area contributed by atoms with E-state index >= 15 is 0 Å². The maximum absolute atomic E-state index is 13.3. The monoisotopic (exact) mass is 510 g/mol. The third-order valence-corrected chi connectivity index (χ3v) is 7.97. The van der Waals surface area contributed by atoms with E-state index in [-0.39, 0.29) is 18.1 Å². The Labute approximate surface area is 220 Å². The lowest BCUT2D eigenvalue weighted by Crippen LogP contribution is -2.45. The second-order valence-electron chi connectivity index (χ2n) is 11.2. The fourth-order valence-corrected chi connectivity index (χ4v) is 5.22. The summed E-state index contributed by atoms with van der Waals surface area (Å²) in [5, 5.41) is 21.7. The van der Waals surface area contributed by atoms with Crippen LogP contribution in [-0.2, 0) is 14.3 Å². The van der Waals surface area contributed by atoms with Crippen LogP contribution in [0.5, 0.6) is 0 Å². The number of esters is 1. The zero-order chi connectivity index (χ0) is 27.5. The van der Waals surface area contributed by atoms with Gasteiger partial charge in [0.2, 0.25) is 0 Å². The van der Waals surface area contributed by atoms with Gasteiger partial charge < -0.3 is 19.5 Å². The number of nitrogens with zero attached hydrogens (tertiary/aromatic N) is 2. The molecule has 0 saturated carbocycles. The number of carbonyl (C=O) groups is 2. The number of aliphatic hydroxyl groups excluding tert-OH is 2. The van der Waals surface area contributed by atoms with E-state index in [4.69, 9.17) is 4.74 Å². The first-order chi connectivity index (χ1) is 17.4. The third-order valence-electron chi connectivity index (χ3n) is 7.97. The van der Waals surface area contributed by atoms with Crippen molar-refractivity contribution in [3.8, 4) is 0 Å². The van der Waals surface area contributed by atoms with Crippen LogP contribution >= 0.6 is 0 Å². The van der Waals surface area contributed by atoms with E-state index in [0.717, 1.165) is 41.7 Å². The molecule has 1 aliphatic heterocycles. The Kier molecular flexibility index (Phi) is 9.13. The first kappa shape index (κ1) is 28.8. The van der Waals surface area contributed by atoms with Crippen LogP contribution in [0.4, 0.5) is 0 Å². The number of aryl methyl sites for hydroxylation is 1. The molecule has 2 heterocycles. The molecule has 7 heteroatoms. The summed E-state index contributed by atoms with van der Waals surface area (Å²) in [7, 11) is 0. The van der Waals surface area contributed by atoms with Crippen LogP contribution in [-0.4, -0.2) is 43.7 Å². The largest absolute Gasteiger partial charge is 0.457 e. The molecule has 2 N–H and O–H groups in total. The molecule has 3 rings (SSSR count). The first-order valence-corrected chi connectivity index (χ1v) is 13.2. The SMILES string of the molecule is C=Cn1c(C)nc2cc(C3C/C=C(/C)CCC[C@H](C)[C@H](O)[C@@H](C)C(=O)C(C)(C)[C@@H](O)CC(=O)O3)ccc21. The summed E-state index contributed by atoms with van der Waals surface area (Å²) >= 11 is 0. The number of Topliss-reactive ketones (excluding diaryl/α,β-unsaturated/α-hetero) is 1. The molecule has 0 aliphatic carbocycles. The Morgan fingerprint density at radius 1 is 1.19 bits per heavy atom. The number of aliphatic hydroxyl groups is 2. The molecule has 2 aromatic rings. The number of imidazole rings is 1. The Morgan fingerprint density at radius 2 is 1.89 bits per heavy atom. The van der Waals surface area contributed by atoms with Gasteiger partial charge in [0.25, 0.3) is 0 Å². The van der Waals surface area contributed by atoms with E-state index in [9.17, 15) is 19.8 Å². The number of ether oxygens (including phenoxy) is 1. The average Bonchev–Trinajstić information content (AvgIpc) is 3.18. The summed E-state index contributed by atoms with van der Waals surface area (Å²) in [6.07, 6.45) is 3.89. The number of aromatic nitrogens is 2. The second kappa shape index (κ2) is 11.7. The van der Waals surface area contributed by atoms with Crippen molar-refractivity contribution in [2.75, 3.05) is 0 Å². The van der Waals surface area contributed by atoms with Crippen molar-refractivity contribution in [3.05, 3.63) is 47.8 Å². The smallest absolute Gasteiger partial charge is 0.309 e. The van der Waals surface area contributed by atoms with Crippen molar-refractivity contribution >= 4 is 29.0 Å². The van der Waals surface area contributed by atoms with Crippen molar-refractivity contribution < 1.29 is 24.5 Å². The molecule has 1 aromatic carbocycles. The third kappa shape index (κ3) is 6.39. The van der Waals surface area contributed by atoms with Crippen molar-refractivity contribution in [2.24, 2.45) is 17.3 Å². The van der Waals surface area contributed by atoms with Gasteiger partial charge >= 0.3 is 5.97 Å². The molecule has 202 valence electrons. The van der Waals surface area contributed by atoms with E-state index in [1.165, 1.54) is 5.57 Å². The van der Waals surface area contributed by atoms with Gasteiger partial charge in [-0.1, -0.05) is 52.0 Å². The molecule has 5 atom stereocenters. The van der Waals surface area contributed by atoms with Crippen molar-refractivity contribution in [1.29, 1.82) is 0 Å². The van der Waals surface area contributed by atoms with Crippen LogP contribution in [0, 0.1) is 24.2 Å². The van der Waals surface area contributed by atoms with Crippen LogP contribution in [0.25, 0.3) is 17.2 Å². The van der Waals surface area contributed by atoms with Crippen LogP contribution in [0.3, 0.4) is 0 Å². The predicted molar refractivity (Wildman–Crippen MR) is 146 cm³/mol. The Bertz CT molecular complexity index is 1180. The molecule has 37 heavy (non-hydrogen) atoms. The fourth-order valence-electron chi connectivity index (χ4n) is 5.22. The molecular weight excluding hydrogens is 468 g/mol. The number of fused-ring (bicyclic) bond motifs is 1. The Hall–Kier alpha value is -2.77. The van der Waals surface area contributed by atoms with Crippen LogP contribution < -0.4 is 0 Å². The number of hydrogen-bond donors (Lipinski definition) is 2. The number of carbonyl (C=O) groups excluding carboxylic acids is 2. The lowest BCUT2D eigenvalue weighted by Gasteiger charge is -2.34. The first-order valence-electron chi connectivity index (χ1n) is 13.2. The highest BCUT2D eigenvalue weighted by molar-refractivity contribution is 5.88. The van der Waals surface area contributed by atoms with Gasteiger partial charge in [0.05, 0.1) is 35.1 Å². The standard InChI is InChI=1S/C30H42N2O5/c1-8-32-21(5)31-23-16-22(13-14-24(23)32)25-15-12-18(2)10-9-11-19(3)28(35)20(4)29(36)30(6,7)26(33)17-27(34)37-25/h8,12-14,16,19-20,25-26,28,33,35H,1,9-11,15,17H2,2-7H3/b18-12-/t19-,20+,25?,26-,28-/m0/s1. The summed E-state index contributed by atoms with van der Waals surface area (Å²) in [5.74, 6) is -0.734. The minimum atomic E-state index is -1.24. The van der Waals surface area contributed by atoms with E-state index in [0.29, 0.717) is 6.42 Å². The summed E-state index contributed by atoms with van der Waals surface area (Å²) in [4.78, 5) is 30.9. The van der Waals surface area contributed by atoms with E-state index in [1.807, 2.05) is 36.6 Å². The Balaban J connectivity index is 1.94. The normalized spacial score (nSPS) is 29.9. The van der Waals surface area contributed by atoms with Gasteiger partial charge in [0.1, 0.15) is 17.7 Å². The maximum atomic E-state index is 13.3. The molecule has 0 amide bonds. The molecule has 1 aromatic heterocycles. The average molecular weight is 511 g/mol. The molecule has 0 radical (unpaired) electrons. The van der Waals surface area contributed by atoms with Gasteiger partial charge in [0.15, 0.2) is 0 Å². The van der Waals surface area contributed by atoms with Gasteiger partial charge in [-0.2, -0.15) is 0 Å². The highest BCUT2D eigenvalue weighted by Gasteiger charge is 2.42. The molecule has 1 unspecified atom stereocenters. The molecule has 0 bridgehead atoms. The number of ketones is 1.